The van der Waals surface area contributed by atoms with Crippen LogP contribution >= 0.6 is 11.3 Å². The molecule has 3 N–H and O–H groups in total. The Morgan fingerprint density at radius 2 is 1.91 bits per heavy atom. The largest absolute Gasteiger partial charge is 0.393 e. The SMILES string of the molecule is C[C@H](C(=O)N(C)C(Cc1cccs1)C(=O)N1CCC(O)CC1)N(C)C(=O)/C=C/CC(C)(C)N. The first-order valence-corrected chi connectivity index (χ1v) is 12.3. The molecule has 1 aliphatic heterocycles. The van der Waals surface area contributed by atoms with E-state index in [0.717, 1.165) is 4.88 Å². The number of aliphatic hydroxyl groups excluding tert-OH is 1. The molecule has 2 atom stereocenters. The molecule has 8 nitrogen and oxygen atoms in total. The number of nitrogens with zero attached hydrogens (tertiary/aromatic N) is 3. The highest BCUT2D eigenvalue weighted by molar-refractivity contribution is 7.09. The zero-order chi connectivity index (χ0) is 24.8. The Balaban J connectivity index is 2.13. The number of likely N-dealkylation sites (tertiary alicyclic amines) is 1. The fraction of sp³-hybridized carbons (Fsp3) is 0.625. The summed E-state index contributed by atoms with van der Waals surface area (Å²) in [5, 5.41) is 11.7. The van der Waals surface area contributed by atoms with Gasteiger partial charge in [-0.15, -0.1) is 11.3 Å². The van der Waals surface area contributed by atoms with E-state index in [9.17, 15) is 19.5 Å². The van der Waals surface area contributed by atoms with E-state index in [4.69, 9.17) is 5.73 Å². The van der Waals surface area contributed by atoms with Gasteiger partial charge in [-0.2, -0.15) is 0 Å². The van der Waals surface area contributed by atoms with Gasteiger partial charge in [-0.3, -0.25) is 14.4 Å². The second kappa shape index (κ2) is 11.8. The van der Waals surface area contributed by atoms with Crippen LogP contribution in [-0.4, -0.2) is 88.4 Å². The third kappa shape index (κ3) is 7.94. The Labute approximate surface area is 201 Å². The number of hydrogen-bond acceptors (Lipinski definition) is 6. The van der Waals surface area contributed by atoms with Crippen molar-refractivity contribution in [3.05, 3.63) is 34.5 Å². The number of rotatable bonds is 9. The monoisotopic (exact) mass is 478 g/mol. The topological polar surface area (TPSA) is 107 Å². The molecule has 0 aliphatic carbocycles. The average molecular weight is 479 g/mol. The summed E-state index contributed by atoms with van der Waals surface area (Å²) in [4.78, 5) is 44.8. The Morgan fingerprint density at radius 1 is 1.27 bits per heavy atom. The zero-order valence-electron chi connectivity index (χ0n) is 20.4. The van der Waals surface area contributed by atoms with Crippen LogP contribution in [0.4, 0.5) is 0 Å². The van der Waals surface area contributed by atoms with E-state index in [2.05, 4.69) is 0 Å². The Kier molecular flexibility index (Phi) is 9.63. The molecule has 3 amide bonds. The van der Waals surface area contributed by atoms with Crippen molar-refractivity contribution in [2.75, 3.05) is 27.2 Å². The van der Waals surface area contributed by atoms with Gasteiger partial charge >= 0.3 is 0 Å². The molecule has 2 rings (SSSR count). The molecule has 2 heterocycles. The lowest BCUT2D eigenvalue weighted by Crippen LogP contribution is -2.56. The molecular weight excluding hydrogens is 440 g/mol. The molecule has 0 bridgehead atoms. The number of carbonyl (C=O) groups excluding carboxylic acids is 3. The van der Waals surface area contributed by atoms with Crippen LogP contribution in [0.15, 0.2) is 29.7 Å². The molecule has 184 valence electrons. The van der Waals surface area contributed by atoms with Crippen molar-refractivity contribution in [3.8, 4) is 0 Å². The number of piperidine rings is 1. The van der Waals surface area contributed by atoms with Crippen molar-refractivity contribution in [2.24, 2.45) is 5.73 Å². The summed E-state index contributed by atoms with van der Waals surface area (Å²) in [5.74, 6) is -0.720. The van der Waals surface area contributed by atoms with Crippen LogP contribution in [0.5, 0.6) is 0 Å². The number of amides is 3. The van der Waals surface area contributed by atoms with Gasteiger partial charge in [0, 0.05) is 44.0 Å². The summed E-state index contributed by atoms with van der Waals surface area (Å²) in [6.45, 7) is 6.36. The van der Waals surface area contributed by atoms with E-state index >= 15 is 0 Å². The summed E-state index contributed by atoms with van der Waals surface area (Å²) < 4.78 is 0. The van der Waals surface area contributed by atoms with Crippen molar-refractivity contribution < 1.29 is 19.5 Å². The molecule has 1 aromatic heterocycles. The normalized spacial score (nSPS) is 17.1. The minimum absolute atomic E-state index is 0.127. The van der Waals surface area contributed by atoms with Gasteiger partial charge in [-0.1, -0.05) is 12.1 Å². The predicted octanol–water partition coefficient (Wildman–Crippen LogP) is 1.63. The van der Waals surface area contributed by atoms with E-state index in [1.807, 2.05) is 31.4 Å². The molecule has 1 fully saturated rings. The van der Waals surface area contributed by atoms with E-state index in [0.29, 0.717) is 38.8 Å². The first-order chi connectivity index (χ1) is 15.4. The zero-order valence-corrected chi connectivity index (χ0v) is 21.2. The van der Waals surface area contributed by atoms with Gasteiger partial charge < -0.3 is 25.5 Å². The van der Waals surface area contributed by atoms with Crippen molar-refractivity contribution >= 4 is 29.1 Å². The molecule has 1 unspecified atom stereocenters. The van der Waals surface area contributed by atoms with Crippen LogP contribution in [0.1, 0.15) is 44.9 Å². The predicted molar refractivity (Wildman–Crippen MR) is 131 cm³/mol. The highest BCUT2D eigenvalue weighted by Gasteiger charge is 2.35. The molecule has 0 saturated carbocycles. The third-order valence-corrected chi connectivity index (χ3v) is 6.94. The number of nitrogens with two attached hydrogens (primary N) is 1. The number of likely N-dealkylation sites (N-methyl/N-ethyl adjacent to an activating group) is 2. The molecule has 1 aliphatic rings. The highest BCUT2D eigenvalue weighted by atomic mass is 32.1. The van der Waals surface area contributed by atoms with Crippen LogP contribution in [0, 0.1) is 0 Å². The first kappa shape index (κ1) is 27.0. The van der Waals surface area contributed by atoms with Crippen LogP contribution in [-0.2, 0) is 20.8 Å². The molecule has 0 spiro atoms. The lowest BCUT2D eigenvalue weighted by Gasteiger charge is -2.37. The van der Waals surface area contributed by atoms with Crippen molar-refractivity contribution in [2.45, 2.75) is 70.2 Å². The second-order valence-electron chi connectivity index (χ2n) is 9.53. The fourth-order valence-electron chi connectivity index (χ4n) is 3.69. The van der Waals surface area contributed by atoms with Gasteiger partial charge in [-0.05, 0) is 57.6 Å². The van der Waals surface area contributed by atoms with Gasteiger partial charge in [0.05, 0.1) is 6.10 Å². The van der Waals surface area contributed by atoms with Crippen molar-refractivity contribution in [3.63, 3.8) is 0 Å². The quantitative estimate of drug-likeness (QED) is 0.525. The van der Waals surface area contributed by atoms with Crippen LogP contribution < -0.4 is 5.73 Å². The van der Waals surface area contributed by atoms with E-state index in [1.165, 1.54) is 15.9 Å². The summed E-state index contributed by atoms with van der Waals surface area (Å²) in [6.07, 6.45) is 4.79. The van der Waals surface area contributed by atoms with Gasteiger partial charge in [0.25, 0.3) is 0 Å². The van der Waals surface area contributed by atoms with Crippen LogP contribution in [0.3, 0.4) is 0 Å². The minimum Gasteiger partial charge on any atom is -0.393 e. The average Bonchev–Trinajstić information content (AvgIpc) is 3.28. The first-order valence-electron chi connectivity index (χ1n) is 11.4. The number of aliphatic hydroxyl groups is 1. The molecular formula is C24H38N4O4S. The summed E-state index contributed by atoms with van der Waals surface area (Å²) in [7, 11) is 3.21. The number of thiophene rings is 1. The molecule has 1 saturated heterocycles. The molecule has 33 heavy (non-hydrogen) atoms. The molecule has 1 aromatic rings. The highest BCUT2D eigenvalue weighted by Crippen LogP contribution is 2.19. The molecule has 0 aromatic carbocycles. The maximum Gasteiger partial charge on any atom is 0.246 e. The van der Waals surface area contributed by atoms with Gasteiger partial charge in [0.1, 0.15) is 12.1 Å². The molecule has 9 heteroatoms. The van der Waals surface area contributed by atoms with E-state index in [1.54, 1.807) is 43.3 Å². The lowest BCUT2D eigenvalue weighted by atomic mass is 10.0. The van der Waals surface area contributed by atoms with Crippen molar-refractivity contribution in [1.29, 1.82) is 0 Å². The standard InChI is InChI=1S/C24H38N4O4S/c1-17(26(4)21(30)9-6-12-24(2,3)25)22(31)27(5)20(16-19-8-7-15-33-19)23(32)28-13-10-18(29)11-14-28/h6-9,15,17-18,20,29H,10-14,16,25H2,1-5H3/b9-6+/t17-,20?/m1/s1. The smallest absolute Gasteiger partial charge is 0.246 e. The maximum absolute atomic E-state index is 13.4. The fourth-order valence-corrected chi connectivity index (χ4v) is 4.44. The number of hydrogen-bond donors (Lipinski definition) is 2. The molecule has 0 radical (unpaired) electrons. The Hall–Kier alpha value is -2.23. The summed E-state index contributed by atoms with van der Waals surface area (Å²) in [5.41, 5.74) is 5.53. The van der Waals surface area contributed by atoms with Gasteiger partial charge in [0.15, 0.2) is 0 Å². The third-order valence-electron chi connectivity index (χ3n) is 6.04. The summed E-state index contributed by atoms with van der Waals surface area (Å²) in [6, 6.07) is 2.46. The maximum atomic E-state index is 13.4. The van der Waals surface area contributed by atoms with Gasteiger partial charge in [0.2, 0.25) is 17.7 Å². The summed E-state index contributed by atoms with van der Waals surface area (Å²) >= 11 is 1.54. The second-order valence-corrected chi connectivity index (χ2v) is 10.6. The minimum atomic E-state index is -0.736. The Bertz CT molecular complexity index is 826. The van der Waals surface area contributed by atoms with Crippen LogP contribution in [0.25, 0.3) is 0 Å². The van der Waals surface area contributed by atoms with E-state index < -0.39 is 17.6 Å². The van der Waals surface area contributed by atoms with E-state index in [-0.39, 0.29) is 23.8 Å². The lowest BCUT2D eigenvalue weighted by molar-refractivity contribution is -0.149. The Morgan fingerprint density at radius 3 is 2.45 bits per heavy atom. The van der Waals surface area contributed by atoms with Crippen molar-refractivity contribution in [1.82, 2.24) is 14.7 Å². The number of carbonyl (C=O) groups is 3. The van der Waals surface area contributed by atoms with Crippen LogP contribution in [0.2, 0.25) is 0 Å². The van der Waals surface area contributed by atoms with Gasteiger partial charge in [-0.25, -0.2) is 0 Å².